The van der Waals surface area contributed by atoms with Crippen LogP contribution >= 0.6 is 0 Å². The Bertz CT molecular complexity index is 769. The van der Waals surface area contributed by atoms with Crippen molar-refractivity contribution >= 4 is 16.9 Å². The van der Waals surface area contributed by atoms with Crippen LogP contribution < -0.4 is 5.73 Å². The van der Waals surface area contributed by atoms with Crippen LogP contribution in [0.15, 0.2) is 6.07 Å². The summed E-state index contributed by atoms with van der Waals surface area (Å²) in [6.45, 7) is 3.57. The maximum atomic E-state index is 13.0. The molecule has 0 amide bonds. The van der Waals surface area contributed by atoms with Gasteiger partial charge in [0.05, 0.1) is 5.39 Å². The fraction of sp³-hybridized carbons (Fsp3) is 0.273. The first-order valence-electron chi connectivity index (χ1n) is 5.80. The molecule has 7 nitrogen and oxygen atoms in total. The molecule has 3 N–H and O–H groups in total. The van der Waals surface area contributed by atoms with Gasteiger partial charge in [0.15, 0.2) is 5.65 Å². The van der Waals surface area contributed by atoms with Crippen molar-refractivity contribution in [2.45, 2.75) is 20.3 Å². The number of nitrogen functional groups attached to an aromatic ring is 1. The van der Waals surface area contributed by atoms with E-state index in [2.05, 4.69) is 25.3 Å². The SMILES string of the molecule is Cc1cc(C)nc(-n2nc(C(F)F)c3c(N)[nH]nc32)n1. The number of nitrogens with zero attached hydrogens (tertiary/aromatic N) is 5. The number of fused-ring (bicyclic) bond motifs is 1. The van der Waals surface area contributed by atoms with Gasteiger partial charge < -0.3 is 5.73 Å². The molecule has 0 radical (unpaired) electrons. The minimum Gasteiger partial charge on any atom is -0.383 e. The van der Waals surface area contributed by atoms with E-state index in [-0.39, 0.29) is 22.8 Å². The highest BCUT2D eigenvalue weighted by atomic mass is 19.3. The van der Waals surface area contributed by atoms with E-state index in [9.17, 15) is 8.78 Å². The summed E-state index contributed by atoms with van der Waals surface area (Å²) in [5, 5.41) is 10.3. The number of H-pyrrole nitrogens is 1. The molecule has 0 aromatic carbocycles. The molecule has 0 aliphatic rings. The Kier molecular flexibility index (Phi) is 2.63. The summed E-state index contributed by atoms with van der Waals surface area (Å²) in [7, 11) is 0. The molecule has 104 valence electrons. The number of aryl methyl sites for hydroxylation is 2. The number of aromatic amines is 1. The van der Waals surface area contributed by atoms with Crippen LogP contribution in [0.4, 0.5) is 14.6 Å². The molecule has 0 atom stereocenters. The molecular weight excluding hydrogens is 268 g/mol. The quantitative estimate of drug-likeness (QED) is 0.743. The van der Waals surface area contributed by atoms with Crippen LogP contribution in [0.25, 0.3) is 17.0 Å². The molecule has 3 rings (SSSR count). The second-order valence-corrected chi connectivity index (χ2v) is 4.38. The first-order chi connectivity index (χ1) is 9.47. The molecule has 20 heavy (non-hydrogen) atoms. The second kappa shape index (κ2) is 4.22. The Morgan fingerprint density at radius 1 is 1.25 bits per heavy atom. The van der Waals surface area contributed by atoms with Gasteiger partial charge in [0.1, 0.15) is 11.5 Å². The maximum absolute atomic E-state index is 13.0. The summed E-state index contributed by atoms with van der Waals surface area (Å²) in [5.41, 5.74) is 6.78. The zero-order valence-corrected chi connectivity index (χ0v) is 10.7. The number of nitrogens with one attached hydrogen (secondary N) is 1. The first kappa shape index (κ1) is 12.5. The van der Waals surface area contributed by atoms with Gasteiger partial charge in [-0.3, -0.25) is 5.10 Å². The Labute approximate surface area is 111 Å². The lowest BCUT2D eigenvalue weighted by Gasteiger charge is -2.02. The van der Waals surface area contributed by atoms with E-state index in [1.54, 1.807) is 19.9 Å². The number of rotatable bonds is 2. The Morgan fingerprint density at radius 2 is 1.90 bits per heavy atom. The number of hydrogen-bond donors (Lipinski definition) is 2. The predicted molar refractivity (Wildman–Crippen MR) is 67.6 cm³/mol. The molecule has 0 aliphatic carbocycles. The van der Waals surface area contributed by atoms with Gasteiger partial charge in [-0.25, -0.2) is 18.7 Å². The minimum absolute atomic E-state index is 0.0472. The van der Waals surface area contributed by atoms with E-state index in [1.165, 1.54) is 4.68 Å². The second-order valence-electron chi connectivity index (χ2n) is 4.38. The third-order valence-corrected chi connectivity index (χ3v) is 2.81. The van der Waals surface area contributed by atoms with Gasteiger partial charge in [-0.05, 0) is 19.9 Å². The van der Waals surface area contributed by atoms with Crippen molar-refractivity contribution < 1.29 is 8.78 Å². The molecule has 0 saturated heterocycles. The van der Waals surface area contributed by atoms with Gasteiger partial charge in [-0.15, -0.1) is 0 Å². The van der Waals surface area contributed by atoms with Crippen molar-refractivity contribution in [2.24, 2.45) is 0 Å². The van der Waals surface area contributed by atoms with E-state index in [1.807, 2.05) is 0 Å². The van der Waals surface area contributed by atoms with Crippen LogP contribution in [0.5, 0.6) is 0 Å². The minimum atomic E-state index is -2.76. The molecular formula is C11H11F2N7. The topological polar surface area (TPSA) is 98.3 Å². The number of aromatic nitrogens is 6. The lowest BCUT2D eigenvalue weighted by molar-refractivity contribution is 0.147. The molecule has 0 aliphatic heterocycles. The average Bonchev–Trinajstić information content (AvgIpc) is 2.89. The summed E-state index contributed by atoms with van der Waals surface area (Å²) < 4.78 is 27.2. The van der Waals surface area contributed by atoms with Gasteiger partial charge in [-0.2, -0.15) is 14.9 Å². The van der Waals surface area contributed by atoms with Crippen molar-refractivity contribution in [3.8, 4) is 5.95 Å². The van der Waals surface area contributed by atoms with E-state index in [0.29, 0.717) is 11.4 Å². The maximum Gasteiger partial charge on any atom is 0.282 e. The average molecular weight is 279 g/mol. The van der Waals surface area contributed by atoms with E-state index < -0.39 is 12.1 Å². The van der Waals surface area contributed by atoms with Gasteiger partial charge >= 0.3 is 0 Å². The zero-order chi connectivity index (χ0) is 14.4. The number of alkyl halides is 2. The van der Waals surface area contributed by atoms with E-state index in [0.717, 1.165) is 0 Å². The number of hydrogen-bond acceptors (Lipinski definition) is 5. The third kappa shape index (κ3) is 1.78. The van der Waals surface area contributed by atoms with Crippen LogP contribution in [0.2, 0.25) is 0 Å². The smallest absolute Gasteiger partial charge is 0.282 e. The Morgan fingerprint density at radius 3 is 2.50 bits per heavy atom. The molecule has 0 bridgehead atoms. The van der Waals surface area contributed by atoms with Crippen molar-refractivity contribution in [2.75, 3.05) is 5.73 Å². The molecule has 0 spiro atoms. The first-order valence-corrected chi connectivity index (χ1v) is 5.80. The molecule has 3 aromatic heterocycles. The molecule has 3 heterocycles. The summed E-state index contributed by atoms with van der Waals surface area (Å²) in [6, 6.07) is 1.77. The molecule has 0 fully saturated rings. The lowest BCUT2D eigenvalue weighted by atomic mass is 10.3. The van der Waals surface area contributed by atoms with Crippen molar-refractivity contribution in [1.29, 1.82) is 0 Å². The lowest BCUT2D eigenvalue weighted by Crippen LogP contribution is -2.06. The largest absolute Gasteiger partial charge is 0.383 e. The van der Waals surface area contributed by atoms with E-state index in [4.69, 9.17) is 5.73 Å². The van der Waals surface area contributed by atoms with Crippen molar-refractivity contribution in [3.05, 3.63) is 23.1 Å². The Balaban J connectivity index is 2.31. The summed E-state index contributed by atoms with van der Waals surface area (Å²) in [6.07, 6.45) is -2.76. The molecule has 3 aromatic rings. The molecule has 0 unspecified atom stereocenters. The highest BCUT2D eigenvalue weighted by Gasteiger charge is 2.24. The summed E-state index contributed by atoms with van der Waals surface area (Å²) in [4.78, 5) is 8.37. The summed E-state index contributed by atoms with van der Waals surface area (Å²) in [5.74, 6) is 0.233. The van der Waals surface area contributed by atoms with Gasteiger partial charge in [0.2, 0.25) is 0 Å². The zero-order valence-electron chi connectivity index (χ0n) is 10.7. The van der Waals surface area contributed by atoms with Crippen LogP contribution in [0.1, 0.15) is 23.5 Å². The number of anilines is 1. The third-order valence-electron chi connectivity index (χ3n) is 2.81. The highest BCUT2D eigenvalue weighted by molar-refractivity contribution is 5.89. The number of nitrogens with two attached hydrogens (primary N) is 1. The van der Waals surface area contributed by atoms with Gasteiger partial charge in [0.25, 0.3) is 12.4 Å². The van der Waals surface area contributed by atoms with Crippen molar-refractivity contribution in [1.82, 2.24) is 29.9 Å². The van der Waals surface area contributed by atoms with E-state index >= 15 is 0 Å². The monoisotopic (exact) mass is 279 g/mol. The highest BCUT2D eigenvalue weighted by Crippen LogP contribution is 2.30. The van der Waals surface area contributed by atoms with Crippen LogP contribution in [-0.2, 0) is 0 Å². The predicted octanol–water partition coefficient (Wildman–Crippen LogP) is 1.68. The van der Waals surface area contributed by atoms with Crippen LogP contribution in [-0.4, -0.2) is 29.9 Å². The van der Waals surface area contributed by atoms with Gasteiger partial charge in [-0.1, -0.05) is 0 Å². The van der Waals surface area contributed by atoms with Gasteiger partial charge in [0, 0.05) is 11.4 Å². The van der Waals surface area contributed by atoms with Crippen LogP contribution in [0.3, 0.4) is 0 Å². The fourth-order valence-electron chi connectivity index (χ4n) is 2.05. The summed E-state index contributed by atoms with van der Waals surface area (Å²) >= 11 is 0. The molecule has 0 saturated carbocycles. The Hall–Kier alpha value is -2.58. The van der Waals surface area contributed by atoms with Crippen LogP contribution in [0, 0.1) is 13.8 Å². The molecule has 9 heteroatoms. The fourth-order valence-corrected chi connectivity index (χ4v) is 2.05. The standard InChI is InChI=1S/C11H11F2N7/c1-4-3-5(2)16-11(15-4)20-10-6(9(14)17-18-10)7(19-20)8(12)13/h3,8H,1-2H3,(H3,14,17,18). The number of halogens is 2. The van der Waals surface area contributed by atoms with Crippen molar-refractivity contribution in [3.63, 3.8) is 0 Å². The normalized spacial score (nSPS) is 11.7.